The quantitative estimate of drug-likeness (QED) is 0.740. The van der Waals surface area contributed by atoms with E-state index in [2.05, 4.69) is 44.7 Å². The molecule has 2 N–H and O–H groups in total. The van der Waals surface area contributed by atoms with Crippen molar-refractivity contribution < 1.29 is 4.42 Å². The van der Waals surface area contributed by atoms with Crippen LogP contribution in [0.5, 0.6) is 0 Å². The van der Waals surface area contributed by atoms with E-state index in [0.717, 1.165) is 30.9 Å². The van der Waals surface area contributed by atoms with Crippen molar-refractivity contribution in [1.82, 2.24) is 4.90 Å². The first-order valence-corrected chi connectivity index (χ1v) is 7.72. The van der Waals surface area contributed by atoms with E-state index in [9.17, 15) is 0 Å². The number of nitrogens with two attached hydrogens (primary N) is 1. The number of rotatable bonds is 9. The van der Waals surface area contributed by atoms with Crippen LogP contribution in [0.25, 0.3) is 0 Å². The molecule has 1 aromatic heterocycles. The van der Waals surface area contributed by atoms with Gasteiger partial charge in [-0.3, -0.25) is 4.90 Å². The number of furan rings is 1. The Hall–Kier alpha value is -0.800. The van der Waals surface area contributed by atoms with Crippen LogP contribution in [0.15, 0.2) is 16.5 Å². The molecule has 0 aliphatic heterocycles. The van der Waals surface area contributed by atoms with Gasteiger partial charge in [0, 0.05) is 19.0 Å². The molecule has 1 heterocycles. The zero-order valence-corrected chi connectivity index (χ0v) is 13.0. The van der Waals surface area contributed by atoms with Crippen LogP contribution >= 0.6 is 0 Å². The Balaban J connectivity index is 2.87. The van der Waals surface area contributed by atoms with Crippen LogP contribution in [0, 0.1) is 0 Å². The van der Waals surface area contributed by atoms with Gasteiger partial charge in [-0.2, -0.15) is 0 Å². The SMILES string of the molecule is CCCCN(C(C)CC)C(CN)c1ccc(CC)o1. The van der Waals surface area contributed by atoms with Crippen LogP contribution in [0.1, 0.15) is 64.5 Å². The molecule has 110 valence electrons. The summed E-state index contributed by atoms with van der Waals surface area (Å²) >= 11 is 0. The third kappa shape index (κ3) is 4.36. The van der Waals surface area contributed by atoms with E-state index in [1.165, 1.54) is 12.8 Å². The van der Waals surface area contributed by atoms with Crippen LogP contribution < -0.4 is 5.73 Å². The van der Waals surface area contributed by atoms with Crippen molar-refractivity contribution in [1.29, 1.82) is 0 Å². The maximum Gasteiger partial charge on any atom is 0.122 e. The van der Waals surface area contributed by atoms with E-state index < -0.39 is 0 Å². The predicted molar refractivity (Wildman–Crippen MR) is 81.2 cm³/mol. The first kappa shape index (κ1) is 16.3. The van der Waals surface area contributed by atoms with Crippen LogP contribution in [-0.4, -0.2) is 24.0 Å². The summed E-state index contributed by atoms with van der Waals surface area (Å²) in [6.07, 6.45) is 4.50. The van der Waals surface area contributed by atoms with E-state index in [0.29, 0.717) is 12.6 Å². The maximum absolute atomic E-state index is 6.02. The van der Waals surface area contributed by atoms with Crippen molar-refractivity contribution in [3.05, 3.63) is 23.7 Å². The lowest BCUT2D eigenvalue weighted by molar-refractivity contribution is 0.124. The highest BCUT2D eigenvalue weighted by Crippen LogP contribution is 2.25. The standard InChI is InChI=1S/C16H30N2O/c1-5-8-11-18(13(4)6-2)15(12-17)16-10-9-14(7-3)19-16/h9-10,13,15H,5-8,11-12,17H2,1-4H3. The fraction of sp³-hybridized carbons (Fsp3) is 0.750. The summed E-state index contributed by atoms with van der Waals surface area (Å²) in [5.74, 6) is 2.07. The summed E-state index contributed by atoms with van der Waals surface area (Å²) in [7, 11) is 0. The van der Waals surface area contributed by atoms with Gasteiger partial charge in [0.2, 0.25) is 0 Å². The molecule has 2 atom stereocenters. The molecule has 3 nitrogen and oxygen atoms in total. The highest BCUT2D eigenvalue weighted by Gasteiger charge is 2.25. The molecule has 0 saturated carbocycles. The van der Waals surface area contributed by atoms with E-state index in [1.54, 1.807) is 0 Å². The normalized spacial score (nSPS) is 14.8. The van der Waals surface area contributed by atoms with E-state index in [-0.39, 0.29) is 6.04 Å². The van der Waals surface area contributed by atoms with Gasteiger partial charge in [0.15, 0.2) is 0 Å². The Morgan fingerprint density at radius 2 is 2.00 bits per heavy atom. The van der Waals surface area contributed by atoms with Crippen molar-refractivity contribution in [3.8, 4) is 0 Å². The third-order valence-corrected chi connectivity index (χ3v) is 3.91. The number of nitrogens with zero attached hydrogens (tertiary/aromatic N) is 1. The van der Waals surface area contributed by atoms with Crippen molar-refractivity contribution in [2.75, 3.05) is 13.1 Å². The lowest BCUT2D eigenvalue weighted by Crippen LogP contribution is -2.40. The summed E-state index contributed by atoms with van der Waals surface area (Å²) in [4.78, 5) is 2.50. The molecule has 0 saturated heterocycles. The first-order chi connectivity index (χ1) is 9.17. The zero-order valence-electron chi connectivity index (χ0n) is 13.0. The van der Waals surface area contributed by atoms with Gasteiger partial charge in [0.05, 0.1) is 6.04 Å². The van der Waals surface area contributed by atoms with Crippen molar-refractivity contribution in [2.45, 2.75) is 65.5 Å². The minimum atomic E-state index is 0.210. The lowest BCUT2D eigenvalue weighted by Gasteiger charge is -2.34. The molecule has 0 aliphatic carbocycles. The van der Waals surface area contributed by atoms with E-state index >= 15 is 0 Å². The van der Waals surface area contributed by atoms with Crippen molar-refractivity contribution >= 4 is 0 Å². The Kier molecular flexibility index (Phi) is 7.17. The fourth-order valence-electron chi connectivity index (χ4n) is 2.44. The van der Waals surface area contributed by atoms with Crippen LogP contribution in [0.2, 0.25) is 0 Å². The number of hydrogen-bond acceptors (Lipinski definition) is 3. The van der Waals surface area contributed by atoms with Gasteiger partial charge in [-0.15, -0.1) is 0 Å². The van der Waals surface area contributed by atoms with Crippen molar-refractivity contribution in [2.24, 2.45) is 5.73 Å². The molecule has 2 unspecified atom stereocenters. The predicted octanol–water partition coefficient (Wildman–Crippen LogP) is 3.74. The van der Waals surface area contributed by atoms with Gasteiger partial charge in [-0.1, -0.05) is 27.2 Å². The monoisotopic (exact) mass is 266 g/mol. The van der Waals surface area contributed by atoms with E-state index in [1.807, 2.05) is 0 Å². The number of hydrogen-bond donors (Lipinski definition) is 1. The Morgan fingerprint density at radius 1 is 1.26 bits per heavy atom. The van der Waals surface area contributed by atoms with Crippen molar-refractivity contribution in [3.63, 3.8) is 0 Å². The average Bonchev–Trinajstić information content (AvgIpc) is 2.91. The van der Waals surface area contributed by atoms with Gasteiger partial charge in [-0.25, -0.2) is 0 Å². The van der Waals surface area contributed by atoms with Crippen LogP contribution in [0.4, 0.5) is 0 Å². The number of aryl methyl sites for hydroxylation is 1. The molecule has 0 fully saturated rings. The third-order valence-electron chi connectivity index (χ3n) is 3.91. The average molecular weight is 266 g/mol. The molecular formula is C16H30N2O. The van der Waals surface area contributed by atoms with Gasteiger partial charge in [0.1, 0.15) is 11.5 Å². The molecule has 3 heteroatoms. The number of unbranched alkanes of at least 4 members (excludes halogenated alkanes) is 1. The molecule has 0 aliphatic rings. The summed E-state index contributed by atoms with van der Waals surface area (Å²) in [6, 6.07) is 4.92. The second-order valence-electron chi connectivity index (χ2n) is 5.26. The summed E-state index contributed by atoms with van der Waals surface area (Å²) < 4.78 is 5.92. The smallest absolute Gasteiger partial charge is 0.122 e. The first-order valence-electron chi connectivity index (χ1n) is 7.72. The molecule has 0 aromatic carbocycles. The van der Waals surface area contributed by atoms with Crippen LogP contribution in [-0.2, 0) is 6.42 Å². The van der Waals surface area contributed by atoms with Crippen LogP contribution in [0.3, 0.4) is 0 Å². The Morgan fingerprint density at radius 3 is 2.47 bits per heavy atom. The maximum atomic E-state index is 6.02. The summed E-state index contributed by atoms with van der Waals surface area (Å²) in [6.45, 7) is 10.6. The van der Waals surface area contributed by atoms with Gasteiger partial charge in [-0.05, 0) is 38.4 Å². The lowest BCUT2D eigenvalue weighted by atomic mass is 10.1. The Labute approximate surface area is 118 Å². The Bertz CT molecular complexity index is 348. The minimum Gasteiger partial charge on any atom is -0.464 e. The molecule has 1 aromatic rings. The summed E-state index contributed by atoms with van der Waals surface area (Å²) in [5, 5.41) is 0. The highest BCUT2D eigenvalue weighted by molar-refractivity contribution is 5.11. The minimum absolute atomic E-state index is 0.210. The van der Waals surface area contributed by atoms with Gasteiger partial charge >= 0.3 is 0 Å². The molecular weight excluding hydrogens is 236 g/mol. The molecule has 0 spiro atoms. The highest BCUT2D eigenvalue weighted by atomic mass is 16.3. The van der Waals surface area contributed by atoms with E-state index in [4.69, 9.17) is 10.2 Å². The molecule has 19 heavy (non-hydrogen) atoms. The van der Waals surface area contributed by atoms with Gasteiger partial charge in [0.25, 0.3) is 0 Å². The second kappa shape index (κ2) is 8.39. The molecule has 0 amide bonds. The topological polar surface area (TPSA) is 42.4 Å². The van der Waals surface area contributed by atoms with Gasteiger partial charge < -0.3 is 10.2 Å². The second-order valence-corrected chi connectivity index (χ2v) is 5.26. The molecule has 0 bridgehead atoms. The molecule has 0 radical (unpaired) electrons. The molecule has 1 rings (SSSR count). The largest absolute Gasteiger partial charge is 0.464 e. The summed E-state index contributed by atoms with van der Waals surface area (Å²) in [5.41, 5.74) is 6.02. The zero-order chi connectivity index (χ0) is 14.3. The fourth-order valence-corrected chi connectivity index (χ4v) is 2.44.